The number of hydrogen-bond donors (Lipinski definition) is 0. The maximum Gasteiger partial charge on any atom is 0.328 e. The highest BCUT2D eigenvalue weighted by Crippen LogP contribution is 2.42. The molecule has 1 aliphatic rings. The summed E-state index contributed by atoms with van der Waals surface area (Å²) in [7, 11) is 5.24. The van der Waals surface area contributed by atoms with Gasteiger partial charge in [-0.15, -0.1) is 5.92 Å². The van der Waals surface area contributed by atoms with Crippen LogP contribution in [0.4, 0.5) is 20.2 Å². The number of fused-ring (bicyclic) bond motifs is 2. The van der Waals surface area contributed by atoms with Crippen LogP contribution in [0.1, 0.15) is 36.5 Å². The van der Waals surface area contributed by atoms with Crippen LogP contribution in [0.3, 0.4) is 0 Å². The molecule has 2 aromatic heterocycles. The van der Waals surface area contributed by atoms with Crippen LogP contribution in [0.15, 0.2) is 41.5 Å². The first kappa shape index (κ1) is 22.0. The van der Waals surface area contributed by atoms with E-state index in [-0.39, 0.29) is 11.3 Å². The topological polar surface area (TPSA) is 48.0 Å². The van der Waals surface area contributed by atoms with Crippen molar-refractivity contribution in [2.45, 2.75) is 26.2 Å². The zero-order valence-electron chi connectivity index (χ0n) is 19.6. The van der Waals surface area contributed by atoms with E-state index in [2.05, 4.69) is 21.8 Å². The Hall–Kier alpha value is -3.86. The summed E-state index contributed by atoms with van der Waals surface area (Å²) in [6, 6.07) is 7.39. The lowest BCUT2D eigenvalue weighted by Crippen LogP contribution is -2.25. The van der Waals surface area contributed by atoms with Gasteiger partial charge in [0.15, 0.2) is 0 Å². The number of alkyl halides is 2. The van der Waals surface area contributed by atoms with E-state index in [1.165, 1.54) is 0 Å². The summed E-state index contributed by atoms with van der Waals surface area (Å²) in [6.07, 6.45) is 2.44. The lowest BCUT2D eigenvalue weighted by molar-refractivity contribution is 0.152. The monoisotopic (exact) mass is 461 g/mol. The predicted octanol–water partition coefficient (Wildman–Crippen LogP) is 4.67. The average molecular weight is 462 g/mol. The molecule has 1 aliphatic heterocycles. The highest BCUT2D eigenvalue weighted by atomic mass is 19.3. The Morgan fingerprint density at radius 1 is 1.09 bits per heavy atom. The summed E-state index contributed by atoms with van der Waals surface area (Å²) in [6.45, 7) is 2.44. The molecule has 0 fully saturated rings. The van der Waals surface area contributed by atoms with Crippen LogP contribution in [0.25, 0.3) is 22.2 Å². The molecule has 0 aliphatic carbocycles. The Balaban J connectivity index is 1.72. The molecule has 0 saturated heterocycles. The normalized spacial score (nSPS) is 13.3. The van der Waals surface area contributed by atoms with Crippen LogP contribution >= 0.6 is 0 Å². The quantitative estimate of drug-likeness (QED) is 0.417. The number of halogens is 2. The van der Waals surface area contributed by atoms with Gasteiger partial charge in [0, 0.05) is 56.4 Å². The molecular formula is C26H25F2N5O. The van der Waals surface area contributed by atoms with Crippen LogP contribution in [0, 0.1) is 11.8 Å². The van der Waals surface area contributed by atoms with E-state index in [0.717, 1.165) is 46.4 Å². The van der Waals surface area contributed by atoms with Gasteiger partial charge >= 0.3 is 5.69 Å². The van der Waals surface area contributed by atoms with Crippen LogP contribution in [-0.4, -0.2) is 25.5 Å². The van der Waals surface area contributed by atoms with Gasteiger partial charge < -0.3 is 4.90 Å². The first-order chi connectivity index (χ1) is 16.3. The Morgan fingerprint density at radius 3 is 2.56 bits per heavy atom. The van der Waals surface area contributed by atoms with E-state index >= 15 is 0 Å². The smallest absolute Gasteiger partial charge is 0.328 e. The zero-order valence-corrected chi connectivity index (χ0v) is 19.6. The van der Waals surface area contributed by atoms with Crippen LogP contribution in [0.2, 0.25) is 0 Å². The number of anilines is 2. The second kappa shape index (κ2) is 8.17. The molecule has 0 saturated carbocycles. The molecule has 0 radical (unpaired) electrons. The van der Waals surface area contributed by atoms with Gasteiger partial charge in [0.25, 0.3) is 6.43 Å². The summed E-state index contributed by atoms with van der Waals surface area (Å²) in [4.78, 5) is 14.7. The minimum Gasteiger partial charge on any atom is -0.341 e. The fourth-order valence-electron chi connectivity index (χ4n) is 4.93. The molecule has 3 heterocycles. The zero-order chi connectivity index (χ0) is 24.1. The number of rotatable bonds is 3. The lowest BCUT2D eigenvalue weighted by Gasteiger charge is -2.33. The molecule has 0 atom stereocenters. The Bertz CT molecular complexity index is 1550. The largest absolute Gasteiger partial charge is 0.341 e. The third kappa shape index (κ3) is 3.39. The third-order valence-corrected chi connectivity index (χ3v) is 6.54. The van der Waals surface area contributed by atoms with Crippen molar-refractivity contribution in [1.29, 1.82) is 0 Å². The van der Waals surface area contributed by atoms with Gasteiger partial charge in [-0.3, -0.25) is 13.8 Å². The van der Waals surface area contributed by atoms with Gasteiger partial charge in [-0.25, -0.2) is 13.6 Å². The first-order valence-corrected chi connectivity index (χ1v) is 11.1. The molecule has 0 spiro atoms. The molecule has 0 amide bonds. The standard InChI is InChI=1S/C26H25F2N5O/c1-5-7-17-10-19(12-23-24(17)32(4)26(34)31(23)3)33-9-6-8-16-11-20(18-14-29-30(2)15-18)21(25(27)28)13-22(16)33/h10-15,25H,6,8-9H2,1-4H3. The first-order valence-electron chi connectivity index (χ1n) is 11.1. The van der Waals surface area contributed by atoms with Crippen molar-refractivity contribution < 1.29 is 8.78 Å². The van der Waals surface area contributed by atoms with Crippen molar-refractivity contribution >= 4 is 22.4 Å². The van der Waals surface area contributed by atoms with E-state index < -0.39 is 6.43 Å². The number of aromatic nitrogens is 4. The van der Waals surface area contributed by atoms with E-state index in [1.807, 2.05) is 18.2 Å². The maximum atomic E-state index is 14.2. The maximum absolute atomic E-state index is 14.2. The summed E-state index contributed by atoms with van der Waals surface area (Å²) in [5, 5.41) is 4.16. The van der Waals surface area contributed by atoms with Gasteiger partial charge in [-0.05, 0) is 55.2 Å². The van der Waals surface area contributed by atoms with Gasteiger partial charge in [0.05, 0.1) is 22.8 Å². The summed E-state index contributed by atoms with van der Waals surface area (Å²) in [5.74, 6) is 6.05. The van der Waals surface area contributed by atoms with E-state index in [4.69, 9.17) is 0 Å². The molecular weight excluding hydrogens is 436 g/mol. The molecule has 0 unspecified atom stereocenters. The van der Waals surface area contributed by atoms with Crippen molar-refractivity contribution in [2.24, 2.45) is 21.1 Å². The highest BCUT2D eigenvalue weighted by Gasteiger charge is 2.26. The number of nitrogens with zero attached hydrogens (tertiary/aromatic N) is 5. The third-order valence-electron chi connectivity index (χ3n) is 6.54. The Labute approximate surface area is 196 Å². The molecule has 34 heavy (non-hydrogen) atoms. The Kier molecular flexibility index (Phi) is 5.28. The number of hydrogen-bond acceptors (Lipinski definition) is 3. The van der Waals surface area contributed by atoms with Crippen molar-refractivity contribution in [3.05, 3.63) is 63.8 Å². The van der Waals surface area contributed by atoms with Gasteiger partial charge in [-0.2, -0.15) is 5.10 Å². The van der Waals surface area contributed by atoms with Crippen LogP contribution in [0.5, 0.6) is 0 Å². The fourth-order valence-corrected chi connectivity index (χ4v) is 4.93. The van der Waals surface area contributed by atoms with Crippen molar-refractivity contribution in [1.82, 2.24) is 18.9 Å². The van der Waals surface area contributed by atoms with Crippen LogP contribution < -0.4 is 10.6 Å². The predicted molar refractivity (Wildman–Crippen MR) is 130 cm³/mol. The number of benzene rings is 2. The van der Waals surface area contributed by atoms with Gasteiger partial charge in [0.2, 0.25) is 0 Å². The minimum absolute atomic E-state index is 0.0135. The minimum atomic E-state index is -2.62. The lowest BCUT2D eigenvalue weighted by atomic mass is 9.92. The highest BCUT2D eigenvalue weighted by molar-refractivity contribution is 5.89. The number of aryl methyl sites for hydroxylation is 4. The molecule has 174 valence electrons. The van der Waals surface area contributed by atoms with Crippen LogP contribution in [-0.2, 0) is 27.6 Å². The molecule has 5 rings (SSSR count). The van der Waals surface area contributed by atoms with E-state index in [1.54, 1.807) is 60.3 Å². The van der Waals surface area contributed by atoms with E-state index in [9.17, 15) is 13.6 Å². The SMILES string of the molecule is CC#Cc1cc(N2CCCc3cc(-c4cnn(C)c4)c(C(F)F)cc32)cc2c1n(C)c(=O)n2C. The fraction of sp³-hybridized carbons (Fsp3) is 0.308. The summed E-state index contributed by atoms with van der Waals surface area (Å²) < 4.78 is 33.2. The van der Waals surface area contributed by atoms with Crippen molar-refractivity contribution in [2.75, 3.05) is 11.4 Å². The van der Waals surface area contributed by atoms with E-state index in [0.29, 0.717) is 17.7 Å². The van der Waals surface area contributed by atoms with Crippen molar-refractivity contribution in [3.63, 3.8) is 0 Å². The van der Waals surface area contributed by atoms with Gasteiger partial charge in [0.1, 0.15) is 0 Å². The molecule has 2 aromatic carbocycles. The second-order valence-electron chi connectivity index (χ2n) is 8.66. The van der Waals surface area contributed by atoms with Crippen molar-refractivity contribution in [3.8, 4) is 23.0 Å². The average Bonchev–Trinajstić information content (AvgIpc) is 3.35. The summed E-state index contributed by atoms with van der Waals surface area (Å²) >= 11 is 0. The molecule has 6 nitrogen and oxygen atoms in total. The second-order valence-corrected chi connectivity index (χ2v) is 8.66. The molecule has 4 aromatic rings. The molecule has 0 N–H and O–H groups in total. The molecule has 0 bridgehead atoms. The molecule has 8 heteroatoms. The number of imidazole rings is 1. The summed E-state index contributed by atoms with van der Waals surface area (Å²) in [5.41, 5.74) is 5.93. The van der Waals surface area contributed by atoms with Gasteiger partial charge in [-0.1, -0.05) is 5.92 Å². The Morgan fingerprint density at radius 2 is 1.88 bits per heavy atom.